The largest absolute Gasteiger partial charge is 0.381 e. The van der Waals surface area contributed by atoms with Crippen molar-refractivity contribution in [2.45, 2.75) is 20.4 Å². The normalized spacial score (nSPS) is 10.4. The second kappa shape index (κ2) is 6.06. The molecular weight excluding hydrogens is 401 g/mol. The van der Waals surface area contributed by atoms with Crippen LogP contribution in [-0.2, 0) is 6.54 Å². The van der Waals surface area contributed by atoms with Gasteiger partial charge in [0.05, 0.1) is 0 Å². The van der Waals surface area contributed by atoms with Gasteiger partial charge in [-0.25, -0.2) is 0 Å². The minimum atomic E-state index is 0.845. The van der Waals surface area contributed by atoms with Crippen LogP contribution in [0.4, 0.5) is 5.69 Å². The van der Waals surface area contributed by atoms with E-state index in [2.05, 4.69) is 94.1 Å². The summed E-state index contributed by atoms with van der Waals surface area (Å²) in [6.07, 6.45) is 0. The molecule has 0 radical (unpaired) electrons. The first-order chi connectivity index (χ1) is 8.56. The molecule has 0 bridgehead atoms. The molecule has 0 aliphatic rings. The molecule has 0 unspecified atom stereocenters. The van der Waals surface area contributed by atoms with Gasteiger partial charge in [-0.1, -0.05) is 34.1 Å². The molecule has 0 fully saturated rings. The van der Waals surface area contributed by atoms with Crippen molar-refractivity contribution in [3.8, 4) is 0 Å². The van der Waals surface area contributed by atoms with E-state index in [1.165, 1.54) is 30.4 Å². The highest BCUT2D eigenvalue weighted by Gasteiger charge is 2.00. The third-order valence-electron chi connectivity index (χ3n) is 2.90. The molecule has 18 heavy (non-hydrogen) atoms. The number of halogens is 2. The molecular formula is C15H15BrIN. The summed E-state index contributed by atoms with van der Waals surface area (Å²) in [5.41, 5.74) is 5.03. The lowest BCUT2D eigenvalue weighted by atomic mass is 10.1. The first-order valence-corrected chi connectivity index (χ1v) is 7.68. The Kier molecular flexibility index (Phi) is 4.67. The Morgan fingerprint density at radius 1 is 1.06 bits per heavy atom. The lowest BCUT2D eigenvalue weighted by Crippen LogP contribution is -2.00. The first kappa shape index (κ1) is 13.9. The van der Waals surface area contributed by atoms with Gasteiger partial charge in [0.15, 0.2) is 0 Å². The number of hydrogen-bond donors (Lipinski definition) is 1. The molecule has 0 aliphatic heterocycles. The smallest absolute Gasteiger partial charge is 0.0401 e. The van der Waals surface area contributed by atoms with Crippen LogP contribution in [0.5, 0.6) is 0 Å². The van der Waals surface area contributed by atoms with Crippen molar-refractivity contribution in [2.75, 3.05) is 5.32 Å². The summed E-state index contributed by atoms with van der Waals surface area (Å²) in [4.78, 5) is 0. The highest BCUT2D eigenvalue weighted by Crippen LogP contribution is 2.20. The Bertz CT molecular complexity index is 515. The van der Waals surface area contributed by atoms with E-state index in [1.54, 1.807) is 0 Å². The molecule has 0 atom stereocenters. The van der Waals surface area contributed by atoms with Crippen LogP contribution in [0.1, 0.15) is 16.7 Å². The van der Waals surface area contributed by atoms with Crippen molar-refractivity contribution in [1.82, 2.24) is 0 Å². The third-order valence-corrected chi connectivity index (χ3v) is 4.92. The van der Waals surface area contributed by atoms with Gasteiger partial charge in [-0.3, -0.25) is 0 Å². The Morgan fingerprint density at radius 3 is 2.44 bits per heavy atom. The van der Waals surface area contributed by atoms with Gasteiger partial charge < -0.3 is 5.32 Å². The third kappa shape index (κ3) is 3.48. The standard InChI is InChI=1S/C15H15BrIN/c1-10-3-5-12(7-14(10)16)9-18-13-6-4-11(2)15(17)8-13/h3-8,18H,9H2,1-2H3. The highest BCUT2D eigenvalue weighted by molar-refractivity contribution is 14.1. The van der Waals surface area contributed by atoms with Gasteiger partial charge in [-0.05, 0) is 71.3 Å². The number of nitrogens with one attached hydrogen (secondary N) is 1. The van der Waals surface area contributed by atoms with E-state index >= 15 is 0 Å². The van der Waals surface area contributed by atoms with Crippen molar-refractivity contribution in [3.05, 3.63) is 61.1 Å². The van der Waals surface area contributed by atoms with Gasteiger partial charge in [0.25, 0.3) is 0 Å². The summed E-state index contributed by atoms with van der Waals surface area (Å²) in [5, 5.41) is 3.45. The van der Waals surface area contributed by atoms with Gasteiger partial charge in [0, 0.05) is 20.3 Å². The average molecular weight is 416 g/mol. The molecule has 0 spiro atoms. The van der Waals surface area contributed by atoms with E-state index in [9.17, 15) is 0 Å². The maximum Gasteiger partial charge on any atom is 0.0401 e. The molecule has 1 nitrogen and oxygen atoms in total. The lowest BCUT2D eigenvalue weighted by molar-refractivity contribution is 1.14. The molecule has 1 N–H and O–H groups in total. The Hall–Kier alpha value is -0.550. The predicted octanol–water partition coefficient (Wildman–Crippen LogP) is 5.28. The van der Waals surface area contributed by atoms with Crippen LogP contribution in [0.25, 0.3) is 0 Å². The number of hydrogen-bond acceptors (Lipinski definition) is 1. The van der Waals surface area contributed by atoms with E-state index in [1.807, 2.05) is 0 Å². The topological polar surface area (TPSA) is 12.0 Å². The van der Waals surface area contributed by atoms with Crippen LogP contribution in [0.2, 0.25) is 0 Å². The van der Waals surface area contributed by atoms with Gasteiger partial charge in [0.1, 0.15) is 0 Å². The second-order valence-electron chi connectivity index (χ2n) is 4.40. The maximum absolute atomic E-state index is 3.56. The van der Waals surface area contributed by atoms with Crippen LogP contribution in [0, 0.1) is 17.4 Å². The van der Waals surface area contributed by atoms with Crippen LogP contribution in [-0.4, -0.2) is 0 Å². The SMILES string of the molecule is Cc1ccc(CNc2ccc(C)c(I)c2)cc1Br. The molecule has 0 amide bonds. The molecule has 0 saturated carbocycles. The molecule has 0 aromatic heterocycles. The summed E-state index contributed by atoms with van der Waals surface area (Å²) in [7, 11) is 0. The maximum atomic E-state index is 3.56. The van der Waals surface area contributed by atoms with Crippen molar-refractivity contribution >= 4 is 44.2 Å². The van der Waals surface area contributed by atoms with Gasteiger partial charge >= 0.3 is 0 Å². The minimum Gasteiger partial charge on any atom is -0.381 e. The fourth-order valence-electron chi connectivity index (χ4n) is 1.65. The number of benzene rings is 2. The Labute approximate surface area is 130 Å². The molecule has 0 saturated heterocycles. The minimum absolute atomic E-state index is 0.845. The fraction of sp³-hybridized carbons (Fsp3) is 0.200. The Balaban J connectivity index is 2.06. The van der Waals surface area contributed by atoms with Gasteiger partial charge in [0.2, 0.25) is 0 Å². The number of aryl methyl sites for hydroxylation is 2. The quantitative estimate of drug-likeness (QED) is 0.672. The summed E-state index contributed by atoms with van der Waals surface area (Å²) in [5.74, 6) is 0. The van der Waals surface area contributed by atoms with Crippen molar-refractivity contribution in [2.24, 2.45) is 0 Å². The molecule has 3 heteroatoms. The van der Waals surface area contributed by atoms with E-state index in [4.69, 9.17) is 0 Å². The van der Waals surface area contributed by atoms with Gasteiger partial charge in [-0.15, -0.1) is 0 Å². The summed E-state index contributed by atoms with van der Waals surface area (Å²) >= 11 is 5.93. The van der Waals surface area contributed by atoms with E-state index in [0.29, 0.717) is 0 Å². The average Bonchev–Trinajstić information content (AvgIpc) is 2.35. The Morgan fingerprint density at radius 2 is 1.78 bits per heavy atom. The molecule has 0 aliphatic carbocycles. The molecule has 2 rings (SSSR count). The summed E-state index contributed by atoms with van der Waals surface area (Å²) < 4.78 is 2.46. The molecule has 2 aromatic rings. The van der Waals surface area contributed by atoms with E-state index in [0.717, 1.165) is 6.54 Å². The first-order valence-electron chi connectivity index (χ1n) is 5.81. The zero-order valence-electron chi connectivity index (χ0n) is 10.4. The lowest BCUT2D eigenvalue weighted by Gasteiger charge is -2.09. The van der Waals surface area contributed by atoms with Crippen molar-refractivity contribution in [3.63, 3.8) is 0 Å². The predicted molar refractivity (Wildman–Crippen MR) is 90.1 cm³/mol. The zero-order chi connectivity index (χ0) is 13.1. The number of anilines is 1. The summed E-state index contributed by atoms with van der Waals surface area (Å²) in [6, 6.07) is 12.9. The van der Waals surface area contributed by atoms with E-state index < -0.39 is 0 Å². The molecule has 2 aromatic carbocycles. The second-order valence-corrected chi connectivity index (χ2v) is 6.42. The van der Waals surface area contributed by atoms with Crippen LogP contribution < -0.4 is 5.32 Å². The molecule has 94 valence electrons. The number of rotatable bonds is 3. The van der Waals surface area contributed by atoms with Crippen LogP contribution >= 0.6 is 38.5 Å². The van der Waals surface area contributed by atoms with Gasteiger partial charge in [-0.2, -0.15) is 0 Å². The van der Waals surface area contributed by atoms with Crippen molar-refractivity contribution in [1.29, 1.82) is 0 Å². The fourth-order valence-corrected chi connectivity index (χ4v) is 2.59. The highest BCUT2D eigenvalue weighted by atomic mass is 127. The zero-order valence-corrected chi connectivity index (χ0v) is 14.2. The van der Waals surface area contributed by atoms with Crippen molar-refractivity contribution < 1.29 is 0 Å². The monoisotopic (exact) mass is 415 g/mol. The van der Waals surface area contributed by atoms with E-state index in [-0.39, 0.29) is 0 Å². The summed E-state index contributed by atoms with van der Waals surface area (Å²) in [6.45, 7) is 5.07. The van der Waals surface area contributed by atoms with Crippen LogP contribution in [0.3, 0.4) is 0 Å². The van der Waals surface area contributed by atoms with Crippen LogP contribution in [0.15, 0.2) is 40.9 Å². The molecule has 0 heterocycles.